The Morgan fingerprint density at radius 3 is 2.11 bits per heavy atom. The van der Waals surface area contributed by atoms with E-state index in [0.717, 1.165) is 0 Å². The SMILES string of the molecule is CS(=O)(=O)C(CN)CS. The third kappa shape index (κ3) is 3.07. The molecular weight excluding hydrogens is 158 g/mol. The van der Waals surface area contributed by atoms with E-state index in [0.29, 0.717) is 5.75 Å². The first-order valence-electron chi connectivity index (χ1n) is 2.52. The van der Waals surface area contributed by atoms with Gasteiger partial charge in [0.15, 0.2) is 9.84 Å². The molecular formula is C4H11NO2S2. The lowest BCUT2D eigenvalue weighted by molar-refractivity contribution is 0.591. The van der Waals surface area contributed by atoms with Crippen LogP contribution >= 0.6 is 12.6 Å². The lowest BCUT2D eigenvalue weighted by Gasteiger charge is -2.06. The molecule has 0 saturated heterocycles. The third-order valence-corrected chi connectivity index (χ3v) is 3.33. The summed E-state index contributed by atoms with van der Waals surface area (Å²) in [5.74, 6) is 0.301. The average molecular weight is 169 g/mol. The van der Waals surface area contributed by atoms with Crippen molar-refractivity contribution in [3.05, 3.63) is 0 Å². The highest BCUT2D eigenvalue weighted by Crippen LogP contribution is 1.97. The molecule has 0 bridgehead atoms. The molecule has 0 fully saturated rings. The molecule has 56 valence electrons. The maximum absolute atomic E-state index is 10.7. The summed E-state index contributed by atoms with van der Waals surface area (Å²) in [7, 11) is -2.97. The fourth-order valence-corrected chi connectivity index (χ4v) is 1.97. The first kappa shape index (κ1) is 9.26. The van der Waals surface area contributed by atoms with E-state index in [-0.39, 0.29) is 6.54 Å². The highest BCUT2D eigenvalue weighted by molar-refractivity contribution is 7.92. The number of hydrogen-bond donors (Lipinski definition) is 2. The van der Waals surface area contributed by atoms with E-state index in [1.807, 2.05) is 0 Å². The molecule has 0 aliphatic carbocycles. The molecule has 0 spiro atoms. The van der Waals surface area contributed by atoms with Crippen molar-refractivity contribution in [2.75, 3.05) is 18.6 Å². The van der Waals surface area contributed by atoms with Crippen molar-refractivity contribution in [2.24, 2.45) is 5.73 Å². The van der Waals surface area contributed by atoms with Crippen molar-refractivity contribution in [2.45, 2.75) is 5.25 Å². The summed E-state index contributed by atoms with van der Waals surface area (Å²) in [6.45, 7) is 0.155. The summed E-state index contributed by atoms with van der Waals surface area (Å²) in [6, 6.07) is 0. The van der Waals surface area contributed by atoms with Crippen LogP contribution in [0.5, 0.6) is 0 Å². The van der Waals surface area contributed by atoms with Crippen LogP contribution in [0.2, 0.25) is 0 Å². The minimum Gasteiger partial charge on any atom is -0.329 e. The molecule has 0 aromatic carbocycles. The van der Waals surface area contributed by atoms with E-state index in [1.54, 1.807) is 0 Å². The Labute approximate surface area is 61.0 Å². The molecule has 0 radical (unpaired) electrons. The Hall–Kier alpha value is 0.260. The predicted molar refractivity (Wildman–Crippen MR) is 41.5 cm³/mol. The quantitative estimate of drug-likeness (QED) is 0.549. The van der Waals surface area contributed by atoms with Gasteiger partial charge in [0.1, 0.15) is 0 Å². The Balaban J connectivity index is 4.14. The molecule has 0 aromatic rings. The lowest BCUT2D eigenvalue weighted by Crippen LogP contribution is -2.30. The van der Waals surface area contributed by atoms with Gasteiger partial charge in [0.25, 0.3) is 0 Å². The molecule has 0 aliphatic heterocycles. The first-order valence-corrected chi connectivity index (χ1v) is 5.11. The number of rotatable bonds is 3. The zero-order chi connectivity index (χ0) is 7.49. The van der Waals surface area contributed by atoms with Crippen LogP contribution in [0.15, 0.2) is 0 Å². The Kier molecular flexibility index (Phi) is 3.53. The van der Waals surface area contributed by atoms with Gasteiger partial charge in [-0.05, 0) is 0 Å². The second kappa shape index (κ2) is 3.43. The average Bonchev–Trinajstić information content (AvgIpc) is 1.65. The van der Waals surface area contributed by atoms with E-state index in [4.69, 9.17) is 5.73 Å². The maximum atomic E-state index is 10.7. The van der Waals surface area contributed by atoms with E-state index >= 15 is 0 Å². The Morgan fingerprint density at radius 2 is 2.11 bits per heavy atom. The molecule has 0 heterocycles. The molecule has 0 aliphatic rings. The molecule has 0 rings (SSSR count). The molecule has 0 saturated carbocycles. The van der Waals surface area contributed by atoms with Gasteiger partial charge in [0.05, 0.1) is 5.25 Å². The van der Waals surface area contributed by atoms with Gasteiger partial charge in [0, 0.05) is 18.6 Å². The first-order chi connectivity index (χ1) is 4.02. The number of hydrogen-bond acceptors (Lipinski definition) is 4. The van der Waals surface area contributed by atoms with Crippen molar-refractivity contribution in [1.29, 1.82) is 0 Å². The van der Waals surface area contributed by atoms with Gasteiger partial charge >= 0.3 is 0 Å². The summed E-state index contributed by atoms with van der Waals surface area (Å²) < 4.78 is 21.3. The fraction of sp³-hybridized carbons (Fsp3) is 1.00. The maximum Gasteiger partial charge on any atom is 0.152 e. The molecule has 5 heteroatoms. The molecule has 1 atom stereocenters. The van der Waals surface area contributed by atoms with Crippen LogP contribution in [0.4, 0.5) is 0 Å². The number of nitrogens with two attached hydrogens (primary N) is 1. The van der Waals surface area contributed by atoms with Crippen LogP contribution in [0.25, 0.3) is 0 Å². The molecule has 2 N–H and O–H groups in total. The largest absolute Gasteiger partial charge is 0.329 e. The van der Waals surface area contributed by atoms with Crippen LogP contribution in [0.1, 0.15) is 0 Å². The van der Waals surface area contributed by atoms with E-state index in [9.17, 15) is 8.42 Å². The van der Waals surface area contributed by atoms with Crippen LogP contribution < -0.4 is 5.73 Å². The lowest BCUT2D eigenvalue weighted by atomic mass is 10.5. The number of thiol groups is 1. The van der Waals surface area contributed by atoms with E-state index in [1.165, 1.54) is 6.26 Å². The van der Waals surface area contributed by atoms with Gasteiger partial charge in [-0.15, -0.1) is 0 Å². The smallest absolute Gasteiger partial charge is 0.152 e. The van der Waals surface area contributed by atoms with Gasteiger partial charge in [-0.3, -0.25) is 0 Å². The fourth-order valence-electron chi connectivity index (χ4n) is 0.385. The Morgan fingerprint density at radius 1 is 1.67 bits per heavy atom. The summed E-state index contributed by atoms with van der Waals surface area (Å²) in [4.78, 5) is 0. The topological polar surface area (TPSA) is 60.2 Å². The van der Waals surface area contributed by atoms with Gasteiger partial charge in [-0.2, -0.15) is 12.6 Å². The number of sulfone groups is 1. The second-order valence-electron chi connectivity index (χ2n) is 1.87. The predicted octanol–water partition coefficient (Wildman–Crippen LogP) is -0.712. The Bertz CT molecular complexity index is 159. The van der Waals surface area contributed by atoms with Crippen LogP contribution in [0.3, 0.4) is 0 Å². The monoisotopic (exact) mass is 169 g/mol. The summed E-state index contributed by atoms with van der Waals surface area (Å²) in [5.41, 5.74) is 5.14. The van der Waals surface area contributed by atoms with Gasteiger partial charge in [-0.1, -0.05) is 0 Å². The van der Waals surface area contributed by atoms with Crippen molar-refractivity contribution < 1.29 is 8.42 Å². The van der Waals surface area contributed by atoms with Gasteiger partial charge in [0.2, 0.25) is 0 Å². The van der Waals surface area contributed by atoms with Crippen LogP contribution in [0, 0.1) is 0 Å². The standard InChI is InChI=1S/C4H11NO2S2/c1-9(6,7)4(2-5)3-8/h4,8H,2-3,5H2,1H3. The van der Waals surface area contributed by atoms with Crippen LogP contribution in [-0.4, -0.2) is 32.2 Å². The van der Waals surface area contributed by atoms with Gasteiger partial charge in [-0.25, -0.2) is 8.42 Å². The van der Waals surface area contributed by atoms with E-state index < -0.39 is 15.1 Å². The zero-order valence-corrected chi connectivity index (χ0v) is 6.95. The minimum atomic E-state index is -2.97. The van der Waals surface area contributed by atoms with Crippen molar-refractivity contribution in [3.63, 3.8) is 0 Å². The summed E-state index contributed by atoms with van der Waals surface area (Å²) in [5, 5.41) is -0.485. The third-order valence-electron chi connectivity index (χ3n) is 1.07. The zero-order valence-electron chi connectivity index (χ0n) is 5.24. The molecule has 0 aromatic heterocycles. The highest BCUT2D eigenvalue weighted by Gasteiger charge is 2.15. The van der Waals surface area contributed by atoms with E-state index in [2.05, 4.69) is 12.6 Å². The summed E-state index contributed by atoms with van der Waals surface area (Å²) >= 11 is 3.83. The van der Waals surface area contributed by atoms with Crippen LogP contribution in [-0.2, 0) is 9.84 Å². The molecule has 1 unspecified atom stereocenters. The summed E-state index contributed by atoms with van der Waals surface area (Å²) in [6.07, 6.45) is 1.17. The van der Waals surface area contributed by atoms with Crippen molar-refractivity contribution in [1.82, 2.24) is 0 Å². The minimum absolute atomic E-state index is 0.155. The van der Waals surface area contributed by atoms with Crippen molar-refractivity contribution in [3.8, 4) is 0 Å². The molecule has 9 heavy (non-hydrogen) atoms. The van der Waals surface area contributed by atoms with Gasteiger partial charge < -0.3 is 5.73 Å². The molecule has 3 nitrogen and oxygen atoms in total. The highest BCUT2D eigenvalue weighted by atomic mass is 32.2. The van der Waals surface area contributed by atoms with Crippen molar-refractivity contribution >= 4 is 22.5 Å². The second-order valence-corrected chi connectivity index (χ2v) is 4.56. The normalized spacial score (nSPS) is 15.4. The molecule has 0 amide bonds.